The normalized spacial score (nSPS) is 15.0. The third kappa shape index (κ3) is 4.05. The summed E-state index contributed by atoms with van der Waals surface area (Å²) in [5.41, 5.74) is 1.32. The van der Waals surface area contributed by atoms with Crippen LogP contribution in [0.2, 0.25) is 0 Å². The molecule has 0 spiro atoms. The molecule has 0 saturated carbocycles. The Bertz CT molecular complexity index is 1250. The lowest BCUT2D eigenvalue weighted by atomic mass is 10.2. The Morgan fingerprint density at radius 3 is 2.60 bits per heavy atom. The van der Waals surface area contributed by atoms with E-state index < -0.39 is 10.0 Å². The minimum Gasteiger partial charge on any atom is -0.378 e. The number of hydrogen-bond acceptors (Lipinski definition) is 7. The third-order valence-electron chi connectivity index (χ3n) is 4.76. The summed E-state index contributed by atoms with van der Waals surface area (Å²) in [6.07, 6.45) is 2.83. The van der Waals surface area contributed by atoms with Gasteiger partial charge in [0, 0.05) is 19.3 Å². The Hall–Kier alpha value is -3.24. The first kappa shape index (κ1) is 20.0. The van der Waals surface area contributed by atoms with Gasteiger partial charge in [-0.2, -0.15) is 13.5 Å². The summed E-state index contributed by atoms with van der Waals surface area (Å²) in [6.45, 7) is 4.06. The summed E-state index contributed by atoms with van der Waals surface area (Å²) in [5, 5.41) is 3.86. The van der Waals surface area contributed by atoms with E-state index in [0.717, 1.165) is 5.56 Å². The van der Waals surface area contributed by atoms with Gasteiger partial charge < -0.3 is 9.64 Å². The molecule has 30 heavy (non-hydrogen) atoms. The summed E-state index contributed by atoms with van der Waals surface area (Å²) in [7, 11) is -3.85. The Morgan fingerprint density at radius 1 is 1.13 bits per heavy atom. The van der Waals surface area contributed by atoms with E-state index in [-0.39, 0.29) is 16.0 Å². The number of hydrogen-bond donors (Lipinski definition) is 1. The van der Waals surface area contributed by atoms with Gasteiger partial charge in [-0.15, -0.1) is 0 Å². The predicted octanol–water partition coefficient (Wildman–Crippen LogP) is 1.15. The molecule has 1 aliphatic rings. The van der Waals surface area contributed by atoms with Gasteiger partial charge in [-0.3, -0.25) is 9.20 Å². The quantitative estimate of drug-likeness (QED) is 0.484. The number of sulfonamides is 1. The molecule has 1 saturated heterocycles. The zero-order valence-electron chi connectivity index (χ0n) is 16.4. The van der Waals surface area contributed by atoms with Crippen LogP contribution >= 0.6 is 0 Å². The molecule has 0 amide bonds. The van der Waals surface area contributed by atoms with Crippen molar-refractivity contribution in [2.24, 2.45) is 5.10 Å². The number of fused-ring (bicyclic) bond motifs is 1. The van der Waals surface area contributed by atoms with Crippen LogP contribution in [0.3, 0.4) is 0 Å². The lowest BCUT2D eigenvalue weighted by Crippen LogP contribution is -2.39. The molecular weight excluding hydrogens is 406 g/mol. The average Bonchev–Trinajstić information content (AvgIpc) is 2.76. The molecule has 1 fully saturated rings. The van der Waals surface area contributed by atoms with Crippen molar-refractivity contribution in [1.82, 2.24) is 14.2 Å². The summed E-state index contributed by atoms with van der Waals surface area (Å²) < 4.78 is 31.7. The lowest BCUT2D eigenvalue weighted by molar-refractivity contribution is 0.122. The molecule has 9 nitrogen and oxygen atoms in total. The summed E-state index contributed by atoms with van der Waals surface area (Å²) in [6, 6.07) is 11.7. The SMILES string of the molecule is Cc1ccc(S(=O)(=O)N/N=C/c2c(N3CCOCC3)nc3ccccn3c2=O)cc1. The van der Waals surface area contributed by atoms with Crippen molar-refractivity contribution < 1.29 is 13.2 Å². The standard InChI is InChI=1S/C20H21N5O4S/c1-15-5-7-16(8-6-15)30(27,28)23-21-14-17-19(24-10-12-29-13-11-24)22-18-4-2-3-9-25(18)20(17)26/h2-9,14,23H,10-13H2,1H3/b21-14+. The van der Waals surface area contributed by atoms with Crippen LogP contribution in [0.1, 0.15) is 11.1 Å². The number of hydrazone groups is 1. The van der Waals surface area contributed by atoms with Gasteiger partial charge in [0.05, 0.1) is 24.3 Å². The molecule has 0 radical (unpaired) electrons. The van der Waals surface area contributed by atoms with Crippen LogP contribution in [-0.4, -0.2) is 50.3 Å². The maximum absolute atomic E-state index is 13.1. The van der Waals surface area contributed by atoms with Gasteiger partial charge in [0.25, 0.3) is 15.6 Å². The number of morpholine rings is 1. The minimum atomic E-state index is -3.85. The van der Waals surface area contributed by atoms with Crippen LogP contribution in [0.25, 0.3) is 5.65 Å². The van der Waals surface area contributed by atoms with Crippen LogP contribution in [0.15, 0.2) is 63.5 Å². The van der Waals surface area contributed by atoms with E-state index in [1.54, 1.807) is 36.5 Å². The molecule has 2 aromatic heterocycles. The smallest absolute Gasteiger partial charge is 0.276 e. The van der Waals surface area contributed by atoms with Crippen molar-refractivity contribution in [1.29, 1.82) is 0 Å². The largest absolute Gasteiger partial charge is 0.378 e. The Kier molecular flexibility index (Phi) is 5.51. The van der Waals surface area contributed by atoms with Gasteiger partial charge in [0.2, 0.25) is 0 Å². The van der Waals surface area contributed by atoms with E-state index in [0.29, 0.717) is 37.8 Å². The number of benzene rings is 1. The van der Waals surface area contributed by atoms with Crippen LogP contribution < -0.4 is 15.3 Å². The third-order valence-corrected chi connectivity index (χ3v) is 6.00. The number of aryl methyl sites for hydroxylation is 1. The predicted molar refractivity (Wildman–Crippen MR) is 114 cm³/mol. The van der Waals surface area contributed by atoms with Crippen molar-refractivity contribution in [3.05, 3.63) is 70.1 Å². The number of aromatic nitrogens is 2. The molecule has 0 unspecified atom stereocenters. The van der Waals surface area contributed by atoms with Crippen molar-refractivity contribution in [3.63, 3.8) is 0 Å². The summed E-state index contributed by atoms with van der Waals surface area (Å²) in [4.78, 5) is 21.9. The number of ether oxygens (including phenoxy) is 1. The highest BCUT2D eigenvalue weighted by Gasteiger charge is 2.20. The van der Waals surface area contributed by atoms with Gasteiger partial charge in [-0.25, -0.2) is 9.82 Å². The lowest BCUT2D eigenvalue weighted by Gasteiger charge is -2.28. The second kappa shape index (κ2) is 8.25. The van der Waals surface area contributed by atoms with Gasteiger partial charge in [0.1, 0.15) is 17.0 Å². The van der Waals surface area contributed by atoms with Crippen molar-refractivity contribution >= 4 is 27.7 Å². The first-order chi connectivity index (χ1) is 14.5. The van der Waals surface area contributed by atoms with E-state index in [2.05, 4.69) is 14.9 Å². The maximum atomic E-state index is 13.1. The fourth-order valence-corrected chi connectivity index (χ4v) is 3.94. The second-order valence-electron chi connectivity index (χ2n) is 6.85. The first-order valence-electron chi connectivity index (χ1n) is 9.41. The highest BCUT2D eigenvalue weighted by molar-refractivity contribution is 7.89. The second-order valence-corrected chi connectivity index (χ2v) is 8.51. The molecular formula is C20H21N5O4S. The zero-order chi connectivity index (χ0) is 21.1. The van der Waals surface area contributed by atoms with Gasteiger partial charge in [-0.05, 0) is 31.2 Å². The van der Waals surface area contributed by atoms with Gasteiger partial charge >= 0.3 is 0 Å². The Morgan fingerprint density at radius 2 is 1.87 bits per heavy atom. The van der Waals surface area contributed by atoms with Crippen molar-refractivity contribution in [3.8, 4) is 0 Å². The van der Waals surface area contributed by atoms with Gasteiger partial charge in [-0.1, -0.05) is 23.8 Å². The Balaban J connectivity index is 1.71. The molecule has 4 rings (SSSR count). The molecule has 1 aromatic carbocycles. The molecule has 156 valence electrons. The minimum absolute atomic E-state index is 0.0898. The highest BCUT2D eigenvalue weighted by atomic mass is 32.2. The molecule has 0 aliphatic carbocycles. The van der Waals surface area contributed by atoms with E-state index in [1.165, 1.54) is 22.7 Å². The average molecular weight is 427 g/mol. The first-order valence-corrected chi connectivity index (χ1v) is 10.9. The fourth-order valence-electron chi connectivity index (χ4n) is 3.15. The monoisotopic (exact) mass is 427 g/mol. The van der Waals surface area contributed by atoms with E-state index >= 15 is 0 Å². The number of anilines is 1. The van der Waals surface area contributed by atoms with E-state index in [4.69, 9.17) is 4.74 Å². The molecule has 3 aromatic rings. The zero-order valence-corrected chi connectivity index (χ0v) is 17.2. The molecule has 3 heterocycles. The fraction of sp³-hybridized carbons (Fsp3) is 0.250. The number of rotatable bonds is 5. The van der Waals surface area contributed by atoms with Crippen molar-refractivity contribution in [2.45, 2.75) is 11.8 Å². The number of pyridine rings is 1. The highest BCUT2D eigenvalue weighted by Crippen LogP contribution is 2.16. The topological polar surface area (TPSA) is 105 Å². The van der Waals surface area contributed by atoms with E-state index in [1.807, 2.05) is 11.8 Å². The molecule has 0 bridgehead atoms. The molecule has 0 atom stereocenters. The van der Waals surface area contributed by atoms with Crippen LogP contribution in [-0.2, 0) is 14.8 Å². The summed E-state index contributed by atoms with van der Waals surface area (Å²) in [5.74, 6) is 0.452. The van der Waals surface area contributed by atoms with Crippen molar-refractivity contribution in [2.75, 3.05) is 31.2 Å². The van der Waals surface area contributed by atoms with Crippen LogP contribution in [0, 0.1) is 6.92 Å². The summed E-state index contributed by atoms with van der Waals surface area (Å²) >= 11 is 0. The molecule has 10 heteroatoms. The number of nitrogens with one attached hydrogen (secondary N) is 1. The molecule has 1 N–H and O–H groups in total. The maximum Gasteiger partial charge on any atom is 0.276 e. The van der Waals surface area contributed by atoms with Crippen LogP contribution in [0.5, 0.6) is 0 Å². The van der Waals surface area contributed by atoms with Gasteiger partial charge in [0.15, 0.2) is 0 Å². The van der Waals surface area contributed by atoms with E-state index in [9.17, 15) is 13.2 Å². The molecule has 1 aliphatic heterocycles. The van der Waals surface area contributed by atoms with Crippen LogP contribution in [0.4, 0.5) is 5.82 Å². The Labute approximate surface area is 173 Å². The number of nitrogens with zero attached hydrogens (tertiary/aromatic N) is 4.